The number of aliphatic hydroxyl groups excluding tert-OH is 2. The first-order valence-electron chi connectivity index (χ1n) is 13.5. The summed E-state index contributed by atoms with van der Waals surface area (Å²) >= 11 is 0. The molecule has 9 atom stereocenters. The van der Waals surface area contributed by atoms with E-state index in [9.17, 15) is 20.1 Å². The molecule has 0 aliphatic heterocycles. The normalized spacial score (nSPS) is 42.4. The van der Waals surface area contributed by atoms with Crippen LogP contribution in [-0.2, 0) is 14.3 Å². The van der Waals surface area contributed by atoms with Gasteiger partial charge in [0.25, 0.3) is 0 Å². The smallest absolute Gasteiger partial charge is 0.334 e. The lowest BCUT2D eigenvalue weighted by Gasteiger charge is -2.52. The predicted molar refractivity (Wildman–Crippen MR) is 143 cm³/mol. The van der Waals surface area contributed by atoms with Gasteiger partial charge < -0.3 is 24.8 Å². The second-order valence-corrected chi connectivity index (χ2v) is 12.3. The fourth-order valence-electron chi connectivity index (χ4n) is 7.65. The van der Waals surface area contributed by atoms with E-state index in [4.69, 9.17) is 9.47 Å². The Bertz CT molecular complexity index is 1110. The Morgan fingerprint density at radius 2 is 1.81 bits per heavy atom. The minimum Gasteiger partial charge on any atom is -0.490 e. The van der Waals surface area contributed by atoms with E-state index >= 15 is 0 Å². The van der Waals surface area contributed by atoms with E-state index in [0.29, 0.717) is 28.4 Å². The molecule has 3 N–H and O–H groups in total. The van der Waals surface area contributed by atoms with Crippen molar-refractivity contribution in [1.82, 2.24) is 0 Å². The number of rotatable bonds is 6. The summed E-state index contributed by atoms with van der Waals surface area (Å²) in [6.45, 7) is 19.5. The van der Waals surface area contributed by atoms with Gasteiger partial charge in [0, 0.05) is 11.5 Å². The lowest BCUT2D eigenvalue weighted by atomic mass is 9.58. The van der Waals surface area contributed by atoms with Crippen molar-refractivity contribution in [2.75, 3.05) is 6.61 Å². The molecule has 4 aliphatic carbocycles. The molecule has 2 bridgehead atoms. The number of hydrogen-bond acceptors (Lipinski definition) is 6. The Balaban J connectivity index is 1.85. The van der Waals surface area contributed by atoms with Gasteiger partial charge in [0.15, 0.2) is 6.10 Å². The van der Waals surface area contributed by atoms with Crippen molar-refractivity contribution in [3.63, 3.8) is 0 Å². The van der Waals surface area contributed by atoms with Gasteiger partial charge in [0.05, 0.1) is 11.5 Å². The van der Waals surface area contributed by atoms with E-state index in [1.807, 2.05) is 39.0 Å². The first-order chi connectivity index (χ1) is 17.2. The number of carbonyl (C=O) groups is 1. The molecular formula is C31H44O6. The van der Waals surface area contributed by atoms with Gasteiger partial charge in [-0.2, -0.15) is 0 Å². The summed E-state index contributed by atoms with van der Waals surface area (Å²) in [5.41, 5.74) is -0.744. The van der Waals surface area contributed by atoms with Crippen molar-refractivity contribution in [2.24, 2.45) is 34.5 Å². The zero-order valence-corrected chi connectivity index (χ0v) is 23.5. The van der Waals surface area contributed by atoms with Crippen molar-refractivity contribution < 1.29 is 29.6 Å². The van der Waals surface area contributed by atoms with Crippen molar-refractivity contribution >= 4 is 5.97 Å². The maximum absolute atomic E-state index is 12.9. The monoisotopic (exact) mass is 512 g/mol. The largest absolute Gasteiger partial charge is 0.490 e. The van der Waals surface area contributed by atoms with Gasteiger partial charge in [-0.25, -0.2) is 4.79 Å². The van der Waals surface area contributed by atoms with Gasteiger partial charge >= 0.3 is 5.97 Å². The SMILES string of the molecule is C=C(OCC1=C[C@@H]2C(O)[C@]3(C=C(C)[C@H](OC(=O)/C(C)=C\C)[C@@]3(O)[C@@H]1O)[C@H](C)C[C@@H]1[C@H]2C1(C)C)/C(C)=C\C. The molecule has 0 aromatic carbocycles. The average molecular weight is 513 g/mol. The molecule has 2 fully saturated rings. The molecule has 4 aliphatic rings. The Labute approximate surface area is 221 Å². The Morgan fingerprint density at radius 1 is 1.19 bits per heavy atom. The van der Waals surface area contributed by atoms with Gasteiger partial charge in [-0.05, 0) is 80.9 Å². The van der Waals surface area contributed by atoms with Crippen LogP contribution in [0, 0.1) is 34.5 Å². The number of hydrogen-bond donors (Lipinski definition) is 3. The predicted octanol–water partition coefficient (Wildman–Crippen LogP) is 4.63. The average Bonchev–Trinajstić information content (AvgIpc) is 3.35. The fraction of sp³-hybridized carbons (Fsp3) is 0.645. The molecule has 0 heterocycles. The quantitative estimate of drug-likeness (QED) is 0.158. The van der Waals surface area contributed by atoms with Crippen LogP contribution in [0.1, 0.15) is 61.8 Å². The molecule has 6 nitrogen and oxygen atoms in total. The van der Waals surface area contributed by atoms with Crippen molar-refractivity contribution in [3.8, 4) is 0 Å². The molecule has 204 valence electrons. The lowest BCUT2D eigenvalue weighted by molar-refractivity contribution is -0.223. The van der Waals surface area contributed by atoms with Crippen LogP contribution in [-0.4, -0.2) is 51.8 Å². The highest BCUT2D eigenvalue weighted by molar-refractivity contribution is 5.88. The Kier molecular flexibility index (Phi) is 6.97. The Hall–Kier alpha value is -2.15. The minimum atomic E-state index is -1.97. The standard InChI is InChI=1S/C31H44O6/c1-10-16(3)20(7)36-15-21-13-22-24-23(29(24,8)9)12-19(6)30(26(22)33)14-18(5)27(31(30,35)25(21)32)37-28(34)17(4)11-2/h10-11,13-14,19,22-27,32-33,35H,7,12,15H2,1-6,8-9H3/b16-10-,17-11-/t19-,22+,23-,24+,25-,26?,27+,30+,31+/m1/s1. The molecule has 6 heteroatoms. The first kappa shape index (κ1) is 27.9. The maximum Gasteiger partial charge on any atom is 0.334 e. The molecule has 37 heavy (non-hydrogen) atoms. The van der Waals surface area contributed by atoms with E-state index in [1.165, 1.54) is 0 Å². The van der Waals surface area contributed by atoms with Gasteiger partial charge in [-0.3, -0.25) is 0 Å². The zero-order valence-electron chi connectivity index (χ0n) is 23.5. The van der Waals surface area contributed by atoms with Crippen molar-refractivity contribution in [2.45, 2.75) is 85.7 Å². The molecule has 0 aromatic rings. The molecule has 1 spiro atoms. The molecule has 4 rings (SSSR count). The van der Waals surface area contributed by atoms with E-state index in [2.05, 4.69) is 20.4 Å². The van der Waals surface area contributed by atoms with Gasteiger partial charge in [-0.1, -0.05) is 51.7 Å². The van der Waals surface area contributed by atoms with Gasteiger partial charge in [-0.15, -0.1) is 0 Å². The highest BCUT2D eigenvalue weighted by Crippen LogP contribution is 2.72. The molecule has 0 radical (unpaired) electrons. The maximum atomic E-state index is 12.9. The minimum absolute atomic E-state index is 0.00654. The number of allylic oxidation sites excluding steroid dienone is 3. The highest BCUT2D eigenvalue weighted by atomic mass is 16.6. The summed E-state index contributed by atoms with van der Waals surface area (Å²) in [6, 6.07) is 0. The van der Waals surface area contributed by atoms with Crippen LogP contribution >= 0.6 is 0 Å². The van der Waals surface area contributed by atoms with Gasteiger partial charge in [0.1, 0.15) is 24.1 Å². The topological polar surface area (TPSA) is 96.2 Å². The summed E-state index contributed by atoms with van der Waals surface area (Å²) in [4.78, 5) is 12.9. The number of aliphatic hydroxyl groups is 3. The van der Waals surface area contributed by atoms with Crippen LogP contribution in [0.5, 0.6) is 0 Å². The summed E-state index contributed by atoms with van der Waals surface area (Å²) < 4.78 is 11.9. The number of ether oxygens (including phenoxy) is 2. The van der Waals surface area contributed by atoms with Crippen LogP contribution in [0.3, 0.4) is 0 Å². The van der Waals surface area contributed by atoms with E-state index in [0.717, 1.165) is 12.0 Å². The molecular weight excluding hydrogens is 468 g/mol. The summed E-state index contributed by atoms with van der Waals surface area (Å²) in [6.07, 6.45) is 4.65. The Morgan fingerprint density at radius 3 is 2.41 bits per heavy atom. The van der Waals surface area contributed by atoms with Crippen LogP contribution in [0.15, 0.2) is 58.9 Å². The molecule has 0 saturated heterocycles. The summed E-state index contributed by atoms with van der Waals surface area (Å²) in [5, 5.41) is 36.8. The molecule has 0 amide bonds. The lowest BCUT2D eigenvalue weighted by Crippen LogP contribution is -2.66. The first-order valence-corrected chi connectivity index (χ1v) is 13.5. The fourth-order valence-corrected chi connectivity index (χ4v) is 7.65. The van der Waals surface area contributed by atoms with Crippen LogP contribution in [0.2, 0.25) is 0 Å². The summed E-state index contributed by atoms with van der Waals surface area (Å²) in [7, 11) is 0. The van der Waals surface area contributed by atoms with E-state index < -0.39 is 35.3 Å². The van der Waals surface area contributed by atoms with E-state index in [1.54, 1.807) is 26.8 Å². The molecule has 1 unspecified atom stereocenters. The molecule has 0 aromatic heterocycles. The van der Waals surface area contributed by atoms with Gasteiger partial charge in [0.2, 0.25) is 0 Å². The second kappa shape index (κ2) is 9.25. The van der Waals surface area contributed by atoms with E-state index in [-0.39, 0.29) is 29.8 Å². The number of carbonyl (C=O) groups excluding carboxylic acids is 1. The zero-order chi connectivity index (χ0) is 27.7. The summed E-state index contributed by atoms with van der Waals surface area (Å²) in [5.74, 6) is 0.0380. The third kappa shape index (κ3) is 3.82. The van der Waals surface area contributed by atoms with Crippen molar-refractivity contribution in [1.29, 1.82) is 0 Å². The highest BCUT2D eigenvalue weighted by Gasteiger charge is 2.76. The van der Waals surface area contributed by atoms with Crippen molar-refractivity contribution in [3.05, 3.63) is 58.9 Å². The number of esters is 1. The second-order valence-electron chi connectivity index (χ2n) is 12.3. The van der Waals surface area contributed by atoms with Crippen LogP contribution in [0.25, 0.3) is 0 Å². The third-order valence-corrected chi connectivity index (χ3v) is 10.2. The third-order valence-electron chi connectivity index (χ3n) is 10.2. The van der Waals surface area contributed by atoms with Crippen LogP contribution < -0.4 is 0 Å². The van der Waals surface area contributed by atoms with Crippen LogP contribution in [0.4, 0.5) is 0 Å². The number of fused-ring (bicyclic) bond motifs is 3. The molecule has 2 saturated carbocycles.